The van der Waals surface area contributed by atoms with Crippen LogP contribution in [0.15, 0.2) is 42.9 Å². The van der Waals surface area contributed by atoms with Gasteiger partial charge in [0.15, 0.2) is 5.82 Å². The standard InChI is InChI=1S/C12H8FN3/c13-11-7-15-16-12(11)10-3-1-2-8-6-14-5-4-9(8)10/h1-7H,(H,15,16). The summed E-state index contributed by atoms with van der Waals surface area (Å²) >= 11 is 0. The number of nitrogens with one attached hydrogen (secondary N) is 1. The number of aromatic amines is 1. The van der Waals surface area contributed by atoms with Gasteiger partial charge in [-0.3, -0.25) is 10.1 Å². The maximum Gasteiger partial charge on any atom is 0.168 e. The van der Waals surface area contributed by atoms with Gasteiger partial charge in [0.2, 0.25) is 0 Å². The Kier molecular flexibility index (Phi) is 1.93. The van der Waals surface area contributed by atoms with E-state index >= 15 is 0 Å². The molecule has 0 bridgehead atoms. The van der Waals surface area contributed by atoms with Crippen molar-refractivity contribution in [3.63, 3.8) is 0 Å². The molecule has 0 aliphatic heterocycles. The lowest BCUT2D eigenvalue weighted by Crippen LogP contribution is -1.85. The monoisotopic (exact) mass is 213 g/mol. The summed E-state index contributed by atoms with van der Waals surface area (Å²) in [4.78, 5) is 4.04. The molecular formula is C12H8FN3. The third-order valence-corrected chi connectivity index (χ3v) is 2.54. The lowest BCUT2D eigenvalue weighted by Gasteiger charge is -2.03. The number of benzene rings is 1. The Morgan fingerprint density at radius 1 is 1.12 bits per heavy atom. The minimum atomic E-state index is -0.343. The number of rotatable bonds is 1. The molecule has 1 N–H and O–H groups in total. The Bertz CT molecular complexity index is 640. The average molecular weight is 213 g/mol. The molecule has 0 radical (unpaired) electrons. The zero-order chi connectivity index (χ0) is 11.0. The van der Waals surface area contributed by atoms with E-state index in [2.05, 4.69) is 15.2 Å². The van der Waals surface area contributed by atoms with Crippen LogP contribution in [0.3, 0.4) is 0 Å². The number of hydrogen-bond donors (Lipinski definition) is 1. The number of H-pyrrole nitrogens is 1. The van der Waals surface area contributed by atoms with Gasteiger partial charge in [0, 0.05) is 23.3 Å². The molecule has 0 spiro atoms. The van der Waals surface area contributed by atoms with Gasteiger partial charge in [0.25, 0.3) is 0 Å². The Balaban J connectivity index is 2.36. The van der Waals surface area contributed by atoms with Crippen molar-refractivity contribution in [2.75, 3.05) is 0 Å². The third-order valence-electron chi connectivity index (χ3n) is 2.54. The molecule has 3 rings (SSSR count). The Morgan fingerprint density at radius 3 is 2.88 bits per heavy atom. The van der Waals surface area contributed by atoms with Crippen LogP contribution in [0.4, 0.5) is 4.39 Å². The minimum Gasteiger partial charge on any atom is -0.275 e. The van der Waals surface area contributed by atoms with Gasteiger partial charge < -0.3 is 0 Å². The largest absolute Gasteiger partial charge is 0.275 e. The highest BCUT2D eigenvalue weighted by atomic mass is 19.1. The highest BCUT2D eigenvalue weighted by Gasteiger charge is 2.09. The summed E-state index contributed by atoms with van der Waals surface area (Å²) in [6.07, 6.45) is 4.63. The highest BCUT2D eigenvalue weighted by Crippen LogP contribution is 2.27. The van der Waals surface area contributed by atoms with E-state index in [1.165, 1.54) is 6.20 Å². The number of hydrogen-bond acceptors (Lipinski definition) is 2. The van der Waals surface area contributed by atoms with Gasteiger partial charge in [0.1, 0.15) is 5.69 Å². The maximum atomic E-state index is 13.5. The molecule has 0 unspecified atom stereocenters. The van der Waals surface area contributed by atoms with Crippen LogP contribution in [-0.4, -0.2) is 15.2 Å². The molecule has 1 aromatic carbocycles. The van der Waals surface area contributed by atoms with Crippen molar-refractivity contribution in [1.82, 2.24) is 15.2 Å². The van der Waals surface area contributed by atoms with Crippen molar-refractivity contribution in [3.05, 3.63) is 48.7 Å². The molecule has 78 valence electrons. The summed E-state index contributed by atoms with van der Waals surface area (Å²) in [6.45, 7) is 0. The van der Waals surface area contributed by atoms with E-state index in [0.717, 1.165) is 16.3 Å². The highest BCUT2D eigenvalue weighted by molar-refractivity contribution is 5.95. The lowest BCUT2D eigenvalue weighted by molar-refractivity contribution is 0.632. The number of halogens is 1. The topological polar surface area (TPSA) is 41.6 Å². The Morgan fingerprint density at radius 2 is 2.06 bits per heavy atom. The first-order chi connectivity index (χ1) is 7.86. The van der Waals surface area contributed by atoms with Crippen molar-refractivity contribution >= 4 is 10.8 Å². The van der Waals surface area contributed by atoms with Crippen molar-refractivity contribution in [1.29, 1.82) is 0 Å². The smallest absolute Gasteiger partial charge is 0.168 e. The van der Waals surface area contributed by atoms with Crippen LogP contribution in [-0.2, 0) is 0 Å². The van der Waals surface area contributed by atoms with E-state index in [1.54, 1.807) is 12.4 Å². The molecule has 4 heteroatoms. The molecule has 0 saturated heterocycles. The van der Waals surface area contributed by atoms with Gasteiger partial charge in [-0.15, -0.1) is 0 Å². The van der Waals surface area contributed by atoms with Crippen LogP contribution in [0, 0.1) is 5.82 Å². The fourth-order valence-corrected chi connectivity index (χ4v) is 1.80. The van der Waals surface area contributed by atoms with Crippen LogP contribution in [0.1, 0.15) is 0 Å². The van der Waals surface area contributed by atoms with Crippen LogP contribution in [0.5, 0.6) is 0 Å². The van der Waals surface area contributed by atoms with Gasteiger partial charge in [0.05, 0.1) is 6.20 Å². The Hall–Kier alpha value is -2.23. The van der Waals surface area contributed by atoms with E-state index in [1.807, 2.05) is 24.3 Å². The molecule has 2 heterocycles. The van der Waals surface area contributed by atoms with Crippen LogP contribution in [0.2, 0.25) is 0 Å². The average Bonchev–Trinajstić information content (AvgIpc) is 2.75. The minimum absolute atomic E-state index is 0.343. The molecule has 0 atom stereocenters. The Labute approximate surface area is 91.0 Å². The number of aromatic nitrogens is 3. The van der Waals surface area contributed by atoms with Gasteiger partial charge in [-0.05, 0) is 11.5 Å². The van der Waals surface area contributed by atoms with E-state index < -0.39 is 0 Å². The summed E-state index contributed by atoms with van der Waals surface area (Å²) in [7, 11) is 0. The summed E-state index contributed by atoms with van der Waals surface area (Å²) in [5, 5.41) is 8.30. The molecule has 0 aliphatic rings. The number of nitrogens with zero attached hydrogens (tertiary/aromatic N) is 2. The molecule has 3 nitrogen and oxygen atoms in total. The molecule has 0 amide bonds. The summed E-state index contributed by atoms with van der Waals surface area (Å²) in [6, 6.07) is 7.55. The SMILES string of the molecule is Fc1cn[nH]c1-c1cccc2cnccc12. The van der Waals surface area contributed by atoms with Crippen molar-refractivity contribution < 1.29 is 4.39 Å². The maximum absolute atomic E-state index is 13.5. The summed E-state index contributed by atoms with van der Waals surface area (Å²) < 4.78 is 13.5. The second kappa shape index (κ2) is 3.41. The van der Waals surface area contributed by atoms with Gasteiger partial charge in [-0.25, -0.2) is 4.39 Å². The van der Waals surface area contributed by atoms with Crippen molar-refractivity contribution in [2.45, 2.75) is 0 Å². The quantitative estimate of drug-likeness (QED) is 0.675. The molecule has 0 saturated carbocycles. The second-order valence-corrected chi connectivity index (χ2v) is 3.50. The molecule has 3 aromatic rings. The van der Waals surface area contributed by atoms with Crippen LogP contribution < -0.4 is 0 Å². The molecule has 2 aromatic heterocycles. The van der Waals surface area contributed by atoms with E-state index in [0.29, 0.717) is 5.69 Å². The first-order valence-electron chi connectivity index (χ1n) is 4.88. The second-order valence-electron chi connectivity index (χ2n) is 3.50. The van der Waals surface area contributed by atoms with E-state index in [4.69, 9.17) is 0 Å². The van der Waals surface area contributed by atoms with Crippen LogP contribution >= 0.6 is 0 Å². The predicted molar refractivity (Wildman–Crippen MR) is 59.3 cm³/mol. The number of pyridine rings is 1. The molecular weight excluding hydrogens is 205 g/mol. The van der Waals surface area contributed by atoms with E-state index in [-0.39, 0.29) is 5.82 Å². The fraction of sp³-hybridized carbons (Fsp3) is 0. The van der Waals surface area contributed by atoms with Crippen molar-refractivity contribution in [2.24, 2.45) is 0 Å². The normalized spacial score (nSPS) is 10.8. The molecule has 0 fully saturated rings. The predicted octanol–water partition coefficient (Wildman–Crippen LogP) is 2.76. The zero-order valence-electron chi connectivity index (χ0n) is 8.31. The first-order valence-corrected chi connectivity index (χ1v) is 4.88. The molecule has 16 heavy (non-hydrogen) atoms. The van der Waals surface area contributed by atoms with Crippen molar-refractivity contribution in [3.8, 4) is 11.3 Å². The van der Waals surface area contributed by atoms with Gasteiger partial charge in [-0.2, -0.15) is 5.10 Å². The zero-order valence-corrected chi connectivity index (χ0v) is 8.31. The third kappa shape index (κ3) is 1.27. The fourth-order valence-electron chi connectivity index (χ4n) is 1.80. The molecule has 0 aliphatic carbocycles. The lowest BCUT2D eigenvalue weighted by atomic mass is 10.0. The van der Waals surface area contributed by atoms with Crippen LogP contribution in [0.25, 0.3) is 22.0 Å². The van der Waals surface area contributed by atoms with E-state index in [9.17, 15) is 4.39 Å². The summed E-state index contributed by atoms with van der Waals surface area (Å²) in [5.74, 6) is -0.343. The summed E-state index contributed by atoms with van der Waals surface area (Å²) in [5.41, 5.74) is 1.21. The van der Waals surface area contributed by atoms with Gasteiger partial charge >= 0.3 is 0 Å². The number of fused-ring (bicyclic) bond motifs is 1. The first kappa shape index (κ1) is 9.03. The van der Waals surface area contributed by atoms with Gasteiger partial charge in [-0.1, -0.05) is 18.2 Å².